The van der Waals surface area contributed by atoms with Gasteiger partial charge in [0.05, 0.1) is 23.1 Å². The summed E-state index contributed by atoms with van der Waals surface area (Å²) in [6, 6.07) is 0. The fourth-order valence-electron chi connectivity index (χ4n) is 3.02. The van der Waals surface area contributed by atoms with Crippen LogP contribution in [0.25, 0.3) is 0 Å². The Hall–Kier alpha value is -2.29. The van der Waals surface area contributed by atoms with Gasteiger partial charge >= 0.3 is 0 Å². The van der Waals surface area contributed by atoms with E-state index in [1.165, 1.54) is 6.20 Å². The molecule has 128 valence electrons. The molecular formula is C15H19N5O3S. The molecule has 2 aromatic heterocycles. The van der Waals surface area contributed by atoms with Crippen LogP contribution in [-0.4, -0.2) is 58.7 Å². The van der Waals surface area contributed by atoms with E-state index in [4.69, 9.17) is 0 Å². The van der Waals surface area contributed by atoms with Crippen LogP contribution >= 0.6 is 0 Å². The standard InChI is InChI=1S/C15H19N5O3S/c1-9-12(6-16-10(2)18-9)15(21)20-5-4-11(8-20)14-13(7-17-19-14)24(3,22)23/h6-7,11H,4-5,8H2,1-3H3,(H,17,19). The number of H-pyrrole nitrogens is 1. The molecule has 1 fully saturated rings. The third kappa shape index (κ3) is 3.03. The molecule has 0 aromatic carbocycles. The van der Waals surface area contributed by atoms with Crippen LogP contribution in [0.2, 0.25) is 0 Å². The van der Waals surface area contributed by atoms with E-state index in [0.29, 0.717) is 42.3 Å². The average Bonchev–Trinajstić information content (AvgIpc) is 3.15. The number of nitrogens with one attached hydrogen (secondary N) is 1. The molecular weight excluding hydrogens is 330 g/mol. The van der Waals surface area contributed by atoms with Crippen molar-refractivity contribution in [3.63, 3.8) is 0 Å². The maximum absolute atomic E-state index is 12.7. The van der Waals surface area contributed by atoms with Gasteiger partial charge < -0.3 is 4.90 Å². The highest BCUT2D eigenvalue weighted by atomic mass is 32.2. The molecule has 0 bridgehead atoms. The van der Waals surface area contributed by atoms with Gasteiger partial charge in [-0.2, -0.15) is 5.10 Å². The largest absolute Gasteiger partial charge is 0.338 e. The Balaban J connectivity index is 1.81. The highest BCUT2D eigenvalue weighted by Gasteiger charge is 2.32. The molecule has 8 nitrogen and oxygen atoms in total. The van der Waals surface area contributed by atoms with Crippen LogP contribution in [0.3, 0.4) is 0 Å². The molecule has 1 amide bonds. The Morgan fingerprint density at radius 1 is 1.33 bits per heavy atom. The van der Waals surface area contributed by atoms with Gasteiger partial charge in [-0.1, -0.05) is 0 Å². The van der Waals surface area contributed by atoms with Crippen LogP contribution in [0.4, 0.5) is 0 Å². The summed E-state index contributed by atoms with van der Waals surface area (Å²) < 4.78 is 23.7. The topological polar surface area (TPSA) is 109 Å². The third-order valence-electron chi connectivity index (χ3n) is 4.25. The summed E-state index contributed by atoms with van der Waals surface area (Å²) >= 11 is 0. The molecule has 3 heterocycles. The van der Waals surface area contributed by atoms with Crippen molar-refractivity contribution in [2.45, 2.75) is 31.1 Å². The number of nitrogens with zero attached hydrogens (tertiary/aromatic N) is 4. The highest BCUT2D eigenvalue weighted by Crippen LogP contribution is 2.31. The molecule has 0 radical (unpaired) electrons. The fourth-order valence-corrected chi connectivity index (χ4v) is 3.87. The van der Waals surface area contributed by atoms with Gasteiger partial charge in [0, 0.05) is 31.5 Å². The molecule has 1 atom stereocenters. The van der Waals surface area contributed by atoms with Gasteiger partial charge in [-0.3, -0.25) is 9.89 Å². The lowest BCUT2D eigenvalue weighted by Gasteiger charge is -2.17. The summed E-state index contributed by atoms with van der Waals surface area (Å²) in [6.45, 7) is 4.56. The maximum atomic E-state index is 12.7. The number of aromatic nitrogens is 4. The van der Waals surface area contributed by atoms with E-state index in [2.05, 4.69) is 20.2 Å². The smallest absolute Gasteiger partial charge is 0.257 e. The highest BCUT2D eigenvalue weighted by molar-refractivity contribution is 7.90. The van der Waals surface area contributed by atoms with Gasteiger partial charge in [-0.25, -0.2) is 18.4 Å². The Morgan fingerprint density at radius 2 is 2.08 bits per heavy atom. The molecule has 1 unspecified atom stereocenters. The summed E-state index contributed by atoms with van der Waals surface area (Å²) in [5, 5.41) is 6.64. The van der Waals surface area contributed by atoms with Crippen molar-refractivity contribution in [1.82, 2.24) is 25.1 Å². The van der Waals surface area contributed by atoms with Crippen LogP contribution in [-0.2, 0) is 9.84 Å². The normalized spacial score (nSPS) is 18.1. The van der Waals surface area contributed by atoms with Crippen molar-refractivity contribution in [3.05, 3.63) is 35.2 Å². The number of sulfone groups is 1. The van der Waals surface area contributed by atoms with Crippen molar-refractivity contribution in [3.8, 4) is 0 Å². The summed E-state index contributed by atoms with van der Waals surface area (Å²) in [5.74, 6) is 0.418. The number of carbonyl (C=O) groups is 1. The molecule has 1 N–H and O–H groups in total. The van der Waals surface area contributed by atoms with Gasteiger partial charge in [0.15, 0.2) is 9.84 Å². The van der Waals surface area contributed by atoms with Gasteiger partial charge in [0.2, 0.25) is 0 Å². The van der Waals surface area contributed by atoms with Gasteiger partial charge in [-0.05, 0) is 20.3 Å². The molecule has 3 rings (SSSR count). The van der Waals surface area contributed by atoms with E-state index in [1.54, 1.807) is 24.9 Å². The minimum absolute atomic E-state index is 0.0761. The third-order valence-corrected chi connectivity index (χ3v) is 5.37. The lowest BCUT2D eigenvalue weighted by Crippen LogP contribution is -2.29. The molecule has 9 heteroatoms. The zero-order valence-corrected chi connectivity index (χ0v) is 14.6. The second kappa shape index (κ2) is 5.97. The second-order valence-electron chi connectivity index (χ2n) is 6.07. The number of hydrogen-bond acceptors (Lipinski definition) is 6. The number of rotatable bonds is 3. The van der Waals surface area contributed by atoms with Crippen LogP contribution in [0, 0.1) is 13.8 Å². The van der Waals surface area contributed by atoms with Gasteiger partial charge in [0.25, 0.3) is 5.91 Å². The lowest BCUT2D eigenvalue weighted by atomic mass is 10.1. The number of aromatic amines is 1. The van der Waals surface area contributed by atoms with E-state index in [0.717, 1.165) is 6.26 Å². The molecule has 0 aliphatic carbocycles. The Morgan fingerprint density at radius 3 is 2.75 bits per heavy atom. The maximum Gasteiger partial charge on any atom is 0.257 e. The van der Waals surface area contributed by atoms with Crippen LogP contribution in [0.15, 0.2) is 17.3 Å². The molecule has 2 aromatic rings. The number of carbonyl (C=O) groups excluding carboxylic acids is 1. The number of hydrogen-bond donors (Lipinski definition) is 1. The summed E-state index contributed by atoms with van der Waals surface area (Å²) in [5.41, 5.74) is 1.70. The number of amides is 1. The van der Waals surface area contributed by atoms with Crippen LogP contribution < -0.4 is 0 Å². The molecule has 1 saturated heterocycles. The molecule has 24 heavy (non-hydrogen) atoms. The van der Waals surface area contributed by atoms with Crippen LogP contribution in [0.5, 0.6) is 0 Å². The van der Waals surface area contributed by atoms with Crippen molar-refractivity contribution in [2.75, 3.05) is 19.3 Å². The van der Waals surface area contributed by atoms with Gasteiger partial charge in [-0.15, -0.1) is 0 Å². The minimum Gasteiger partial charge on any atom is -0.338 e. The van der Waals surface area contributed by atoms with E-state index >= 15 is 0 Å². The molecule has 1 aliphatic rings. The first kappa shape index (κ1) is 16.6. The van der Waals surface area contributed by atoms with E-state index in [9.17, 15) is 13.2 Å². The first-order chi connectivity index (χ1) is 11.3. The van der Waals surface area contributed by atoms with Crippen molar-refractivity contribution in [2.24, 2.45) is 0 Å². The van der Waals surface area contributed by atoms with Crippen molar-refractivity contribution >= 4 is 15.7 Å². The monoisotopic (exact) mass is 349 g/mol. The summed E-state index contributed by atoms with van der Waals surface area (Å²) in [6.07, 6.45) is 4.72. The van der Waals surface area contributed by atoms with Crippen molar-refractivity contribution in [1.29, 1.82) is 0 Å². The zero-order valence-electron chi connectivity index (χ0n) is 13.8. The molecule has 0 spiro atoms. The fraction of sp³-hybridized carbons (Fsp3) is 0.467. The van der Waals surface area contributed by atoms with E-state index in [-0.39, 0.29) is 16.7 Å². The van der Waals surface area contributed by atoms with E-state index < -0.39 is 9.84 Å². The van der Waals surface area contributed by atoms with Gasteiger partial charge in [0.1, 0.15) is 10.7 Å². The first-order valence-electron chi connectivity index (χ1n) is 7.60. The molecule has 0 saturated carbocycles. The van der Waals surface area contributed by atoms with E-state index in [1.807, 2.05) is 0 Å². The number of aryl methyl sites for hydroxylation is 2. The zero-order chi connectivity index (χ0) is 17.5. The lowest BCUT2D eigenvalue weighted by molar-refractivity contribution is 0.0789. The second-order valence-corrected chi connectivity index (χ2v) is 8.06. The predicted octanol–water partition coefficient (Wildman–Crippen LogP) is 0.850. The Kier molecular flexibility index (Phi) is 4.12. The summed E-state index contributed by atoms with van der Waals surface area (Å²) in [7, 11) is -3.35. The Labute approximate surface area is 140 Å². The number of likely N-dealkylation sites (tertiary alicyclic amines) is 1. The predicted molar refractivity (Wildman–Crippen MR) is 86.5 cm³/mol. The molecule has 1 aliphatic heterocycles. The summed E-state index contributed by atoms with van der Waals surface area (Å²) in [4.78, 5) is 22.9. The van der Waals surface area contributed by atoms with Crippen LogP contribution in [0.1, 0.15) is 39.9 Å². The first-order valence-corrected chi connectivity index (χ1v) is 9.49. The average molecular weight is 349 g/mol. The van der Waals surface area contributed by atoms with Crippen molar-refractivity contribution < 1.29 is 13.2 Å². The minimum atomic E-state index is -3.35. The SMILES string of the molecule is Cc1ncc(C(=O)N2CCC(c3[nH]ncc3S(C)(=O)=O)C2)c(C)n1. The quantitative estimate of drug-likeness (QED) is 0.880. The Bertz CT molecular complexity index is 890.